The number of rotatable bonds is 6. The van der Waals surface area contributed by atoms with E-state index in [9.17, 15) is 19.1 Å². The van der Waals surface area contributed by atoms with Crippen LogP contribution in [0.15, 0.2) is 29.6 Å². The van der Waals surface area contributed by atoms with E-state index in [0.29, 0.717) is 42.3 Å². The molecule has 0 saturated carbocycles. The Bertz CT molecular complexity index is 1160. The van der Waals surface area contributed by atoms with E-state index in [1.165, 1.54) is 30.4 Å². The Morgan fingerprint density at radius 3 is 2.50 bits per heavy atom. The van der Waals surface area contributed by atoms with Crippen LogP contribution in [0.2, 0.25) is 0 Å². The van der Waals surface area contributed by atoms with Gasteiger partial charge in [-0.1, -0.05) is 0 Å². The van der Waals surface area contributed by atoms with Crippen LogP contribution in [0.3, 0.4) is 0 Å². The molecule has 0 unspecified atom stereocenters. The maximum Gasteiger partial charge on any atom is 0.270 e. The number of nitrogens with one attached hydrogen (secondary N) is 2. The molecule has 4 rings (SSSR count). The number of thiazole rings is 1. The summed E-state index contributed by atoms with van der Waals surface area (Å²) in [7, 11) is 0. The summed E-state index contributed by atoms with van der Waals surface area (Å²) in [5.74, 6) is -0.753. The maximum atomic E-state index is 13.5. The molecular formula is C24H28FN5O3S. The molecule has 10 heteroatoms. The van der Waals surface area contributed by atoms with Crippen LogP contribution in [0.5, 0.6) is 0 Å². The van der Waals surface area contributed by atoms with Gasteiger partial charge in [-0.05, 0) is 57.9 Å². The first kappa shape index (κ1) is 24.0. The molecule has 0 bridgehead atoms. The number of hydrogen-bond acceptors (Lipinski definition) is 6. The number of carbonyl (C=O) groups excluding carboxylic acids is 2. The molecule has 8 nitrogen and oxygen atoms in total. The topological polar surface area (TPSA) is 111 Å². The first-order valence-electron chi connectivity index (χ1n) is 11.3. The van der Waals surface area contributed by atoms with E-state index in [-0.39, 0.29) is 29.6 Å². The molecule has 1 aliphatic rings. The number of aromatic amines is 1. The van der Waals surface area contributed by atoms with Gasteiger partial charge >= 0.3 is 0 Å². The van der Waals surface area contributed by atoms with Gasteiger partial charge in [0.05, 0.1) is 5.56 Å². The molecule has 3 N–H and O–H groups in total. The van der Waals surface area contributed by atoms with E-state index in [4.69, 9.17) is 0 Å². The molecule has 0 radical (unpaired) electrons. The molecule has 1 aromatic carbocycles. The van der Waals surface area contributed by atoms with Crippen LogP contribution in [0.4, 0.5) is 4.39 Å². The van der Waals surface area contributed by atoms with Crippen molar-refractivity contribution in [2.45, 2.75) is 51.7 Å². The largest absolute Gasteiger partial charge is 0.384 e. The highest BCUT2D eigenvalue weighted by atomic mass is 32.1. The summed E-state index contributed by atoms with van der Waals surface area (Å²) >= 11 is 1.36. The number of aromatic nitrogens is 3. The second kappa shape index (κ2) is 10.0. The predicted molar refractivity (Wildman–Crippen MR) is 128 cm³/mol. The Labute approximate surface area is 201 Å². The Balaban J connectivity index is 1.69. The number of benzene rings is 1. The summed E-state index contributed by atoms with van der Waals surface area (Å²) in [5, 5.41) is 22.6. The van der Waals surface area contributed by atoms with Gasteiger partial charge in [0.2, 0.25) is 0 Å². The highest BCUT2D eigenvalue weighted by Crippen LogP contribution is 2.41. The molecule has 3 heterocycles. The van der Waals surface area contributed by atoms with Crippen LogP contribution >= 0.6 is 11.3 Å². The van der Waals surface area contributed by atoms with E-state index in [2.05, 4.69) is 20.5 Å². The van der Waals surface area contributed by atoms with Crippen molar-refractivity contribution in [1.29, 1.82) is 0 Å². The van der Waals surface area contributed by atoms with E-state index < -0.39 is 6.10 Å². The third-order valence-corrected chi connectivity index (χ3v) is 6.71. The number of aliphatic hydroxyl groups is 1. The van der Waals surface area contributed by atoms with Gasteiger partial charge in [0.15, 0.2) is 0 Å². The molecule has 2 amide bonds. The van der Waals surface area contributed by atoms with Crippen LogP contribution in [0.1, 0.15) is 55.7 Å². The van der Waals surface area contributed by atoms with E-state index in [1.54, 1.807) is 22.4 Å². The molecule has 0 aliphatic carbocycles. The van der Waals surface area contributed by atoms with Gasteiger partial charge < -0.3 is 15.3 Å². The number of halogens is 1. The number of carbonyl (C=O) groups is 2. The maximum absolute atomic E-state index is 13.5. The van der Waals surface area contributed by atoms with Gasteiger partial charge in [-0.3, -0.25) is 14.7 Å². The number of H-pyrrole nitrogens is 1. The summed E-state index contributed by atoms with van der Waals surface area (Å²) < 4.78 is 13.5. The van der Waals surface area contributed by atoms with Gasteiger partial charge in [0, 0.05) is 41.7 Å². The van der Waals surface area contributed by atoms with Crippen molar-refractivity contribution in [2.24, 2.45) is 0 Å². The molecule has 2 aromatic heterocycles. The van der Waals surface area contributed by atoms with Gasteiger partial charge in [-0.2, -0.15) is 5.10 Å². The molecule has 1 aliphatic heterocycles. The summed E-state index contributed by atoms with van der Waals surface area (Å²) in [4.78, 5) is 30.9. The third kappa shape index (κ3) is 5.02. The highest BCUT2D eigenvalue weighted by Gasteiger charge is 2.31. The lowest BCUT2D eigenvalue weighted by molar-refractivity contribution is -0.140. The number of piperidine rings is 1. The molecule has 180 valence electrons. The Morgan fingerprint density at radius 2 is 1.88 bits per heavy atom. The molecule has 34 heavy (non-hydrogen) atoms. The minimum atomic E-state index is -1.02. The van der Waals surface area contributed by atoms with E-state index in [1.807, 2.05) is 13.8 Å². The molecule has 1 fully saturated rings. The normalized spacial score (nSPS) is 15.5. The fourth-order valence-electron chi connectivity index (χ4n) is 4.17. The average Bonchev–Trinajstić information content (AvgIpc) is 3.46. The van der Waals surface area contributed by atoms with Crippen LogP contribution in [0, 0.1) is 5.82 Å². The lowest BCUT2D eigenvalue weighted by Gasteiger charge is -2.32. The quantitative estimate of drug-likeness (QED) is 0.494. The molecule has 1 atom stereocenters. The van der Waals surface area contributed by atoms with E-state index in [0.717, 1.165) is 16.8 Å². The summed E-state index contributed by atoms with van der Waals surface area (Å²) in [6, 6.07) is 6.10. The monoisotopic (exact) mass is 485 g/mol. The Morgan fingerprint density at radius 1 is 1.21 bits per heavy atom. The van der Waals surface area contributed by atoms with E-state index >= 15 is 0 Å². The van der Waals surface area contributed by atoms with Crippen molar-refractivity contribution >= 4 is 23.2 Å². The first-order valence-corrected chi connectivity index (χ1v) is 12.2. The fourth-order valence-corrected chi connectivity index (χ4v) is 5.02. The lowest BCUT2D eigenvalue weighted by Crippen LogP contribution is -2.42. The molecule has 3 aromatic rings. The molecule has 1 saturated heterocycles. The Hall–Kier alpha value is -3.11. The smallest absolute Gasteiger partial charge is 0.270 e. The van der Waals surface area contributed by atoms with Gasteiger partial charge in [-0.25, -0.2) is 9.37 Å². The fraction of sp³-hybridized carbons (Fsp3) is 0.417. The Kier molecular flexibility index (Phi) is 7.08. The number of likely N-dealkylation sites (tertiary alicyclic amines) is 1. The SMILES string of the molecule is CC(C)NC(=O)c1csc(-c2c(-c3ccc(F)cc3)n[nH]c2C2CCN(C(=O)[C@H](C)O)CC2)n1. The number of nitrogens with zero attached hydrogens (tertiary/aromatic N) is 3. The number of aliphatic hydroxyl groups excluding tert-OH is 1. The minimum absolute atomic E-state index is 0.00792. The molecular weight excluding hydrogens is 457 g/mol. The second-order valence-corrected chi connectivity index (χ2v) is 9.67. The summed E-state index contributed by atoms with van der Waals surface area (Å²) in [6.45, 7) is 6.31. The number of hydrogen-bond donors (Lipinski definition) is 3. The van der Waals surface area contributed by atoms with Crippen molar-refractivity contribution in [2.75, 3.05) is 13.1 Å². The van der Waals surface area contributed by atoms with Crippen molar-refractivity contribution in [3.05, 3.63) is 46.9 Å². The van der Waals surface area contributed by atoms with Crippen molar-refractivity contribution < 1.29 is 19.1 Å². The van der Waals surface area contributed by atoms with Crippen LogP contribution in [-0.4, -0.2) is 62.2 Å². The zero-order valence-electron chi connectivity index (χ0n) is 19.3. The predicted octanol–water partition coefficient (Wildman–Crippen LogP) is 3.56. The van der Waals surface area contributed by atoms with Gasteiger partial charge in [-0.15, -0.1) is 11.3 Å². The molecule has 0 spiro atoms. The van der Waals surface area contributed by atoms with Crippen LogP contribution in [-0.2, 0) is 4.79 Å². The van der Waals surface area contributed by atoms with Gasteiger partial charge in [0.25, 0.3) is 11.8 Å². The highest BCUT2D eigenvalue weighted by molar-refractivity contribution is 7.13. The number of amides is 2. The zero-order chi connectivity index (χ0) is 24.4. The second-order valence-electron chi connectivity index (χ2n) is 8.81. The summed E-state index contributed by atoms with van der Waals surface area (Å²) in [6.07, 6.45) is 0.376. The average molecular weight is 486 g/mol. The van der Waals surface area contributed by atoms with Crippen LogP contribution in [0.25, 0.3) is 21.8 Å². The van der Waals surface area contributed by atoms with Crippen LogP contribution < -0.4 is 5.32 Å². The van der Waals surface area contributed by atoms with Crippen molar-refractivity contribution in [1.82, 2.24) is 25.4 Å². The standard InChI is InChI=1S/C24H28FN5O3S/c1-13(2)26-22(32)18-12-34-23(27-18)19-20(15-4-6-17(25)7-5-15)28-29-21(19)16-8-10-30(11-9-16)24(33)14(3)31/h4-7,12-14,16,31H,8-11H2,1-3H3,(H,26,32)(H,28,29)/t14-/m0/s1. The zero-order valence-corrected chi connectivity index (χ0v) is 20.2. The van der Waals surface area contributed by atoms with Crippen molar-refractivity contribution in [3.63, 3.8) is 0 Å². The van der Waals surface area contributed by atoms with Gasteiger partial charge in [0.1, 0.15) is 28.3 Å². The lowest BCUT2D eigenvalue weighted by atomic mass is 9.90. The third-order valence-electron chi connectivity index (χ3n) is 5.85. The minimum Gasteiger partial charge on any atom is -0.384 e. The first-order chi connectivity index (χ1) is 16.2. The van der Waals surface area contributed by atoms with Crippen molar-refractivity contribution in [3.8, 4) is 21.8 Å². The summed E-state index contributed by atoms with van der Waals surface area (Å²) in [5.41, 5.74) is 3.39.